The lowest BCUT2D eigenvalue weighted by molar-refractivity contribution is 0.0704. The zero-order chi connectivity index (χ0) is 18.0. The van der Waals surface area contributed by atoms with Crippen LogP contribution in [0.4, 0.5) is 0 Å². The van der Waals surface area contributed by atoms with Crippen molar-refractivity contribution in [2.75, 3.05) is 13.1 Å². The van der Waals surface area contributed by atoms with Gasteiger partial charge in [-0.1, -0.05) is 13.8 Å². The molecule has 1 aliphatic heterocycles. The van der Waals surface area contributed by atoms with Crippen molar-refractivity contribution in [2.24, 2.45) is 0 Å². The van der Waals surface area contributed by atoms with Crippen molar-refractivity contribution in [1.82, 2.24) is 20.1 Å². The van der Waals surface area contributed by atoms with Crippen molar-refractivity contribution in [3.05, 3.63) is 41.5 Å². The molecule has 3 rings (SSSR count). The topological polar surface area (TPSA) is 79.0 Å². The van der Waals surface area contributed by atoms with Gasteiger partial charge in [-0.3, -0.25) is 14.1 Å². The number of amides is 1. The Morgan fingerprint density at radius 1 is 1.32 bits per heavy atom. The van der Waals surface area contributed by atoms with Gasteiger partial charge in [-0.15, -0.1) is 0 Å². The molecule has 0 bridgehead atoms. The van der Waals surface area contributed by atoms with E-state index < -0.39 is 10.8 Å². The lowest BCUT2D eigenvalue weighted by Crippen LogP contribution is -2.39. The Kier molecular flexibility index (Phi) is 5.32. The predicted molar refractivity (Wildman–Crippen MR) is 97.0 cm³/mol. The molecule has 1 fully saturated rings. The highest BCUT2D eigenvalue weighted by atomic mass is 32.2. The van der Waals surface area contributed by atoms with Gasteiger partial charge in [0.15, 0.2) is 5.82 Å². The third-order valence-electron chi connectivity index (χ3n) is 4.45. The molecule has 0 spiro atoms. The Morgan fingerprint density at radius 3 is 2.64 bits per heavy atom. The Labute approximate surface area is 150 Å². The predicted octanol–water partition coefficient (Wildman–Crippen LogP) is 2.65. The molecule has 2 heterocycles. The van der Waals surface area contributed by atoms with Crippen LogP contribution < -0.4 is 0 Å². The number of carbonyl (C=O) groups excluding carboxylic acids is 1. The average molecular weight is 360 g/mol. The second-order valence-corrected chi connectivity index (χ2v) is 8.75. The number of hydrogen-bond donors (Lipinski definition) is 1. The summed E-state index contributed by atoms with van der Waals surface area (Å²) in [5, 5.41) is 7.18. The minimum Gasteiger partial charge on any atom is -0.338 e. The lowest BCUT2D eigenvalue weighted by atomic mass is 9.96. The molecule has 0 unspecified atom stereocenters. The molecule has 1 saturated heterocycles. The standard InChI is InChI=1S/C18H24N4O2S/c1-12(2)25(24)16-8-6-14(7-9-16)18(23)22-10-4-5-15(11-22)17-19-13(3)20-21-17/h6-9,12,15H,4-5,10-11H2,1-3H3,(H,19,20,21)/t15-,25+/m1/s1. The Balaban J connectivity index is 1.71. The molecule has 7 heteroatoms. The van der Waals surface area contributed by atoms with E-state index in [9.17, 15) is 9.00 Å². The summed E-state index contributed by atoms with van der Waals surface area (Å²) >= 11 is 0. The molecular weight excluding hydrogens is 336 g/mol. The summed E-state index contributed by atoms with van der Waals surface area (Å²) in [6.07, 6.45) is 1.94. The minimum absolute atomic E-state index is 0.0128. The number of nitrogens with zero attached hydrogens (tertiary/aromatic N) is 3. The van der Waals surface area contributed by atoms with Gasteiger partial charge in [0.25, 0.3) is 5.91 Å². The molecule has 1 amide bonds. The summed E-state index contributed by atoms with van der Waals surface area (Å²) in [6.45, 7) is 7.11. The zero-order valence-electron chi connectivity index (χ0n) is 14.9. The second-order valence-electron chi connectivity index (χ2n) is 6.74. The normalized spacial score (nSPS) is 19.2. The number of aromatic nitrogens is 3. The Morgan fingerprint density at radius 2 is 2.04 bits per heavy atom. The Hall–Kier alpha value is -2.02. The fourth-order valence-corrected chi connectivity index (χ4v) is 4.05. The number of hydrogen-bond acceptors (Lipinski definition) is 4. The van der Waals surface area contributed by atoms with Crippen LogP contribution in [-0.4, -0.2) is 48.5 Å². The van der Waals surface area contributed by atoms with E-state index in [4.69, 9.17) is 0 Å². The SMILES string of the molecule is Cc1nc([C@@H]2CCCN(C(=O)c3ccc([S@@](=O)C(C)C)cc3)C2)n[nH]1. The van der Waals surface area contributed by atoms with E-state index in [0.717, 1.165) is 35.9 Å². The van der Waals surface area contributed by atoms with Gasteiger partial charge >= 0.3 is 0 Å². The molecule has 6 nitrogen and oxygen atoms in total. The highest BCUT2D eigenvalue weighted by molar-refractivity contribution is 7.85. The van der Waals surface area contributed by atoms with Crippen LogP contribution in [0.25, 0.3) is 0 Å². The van der Waals surface area contributed by atoms with E-state index in [1.54, 1.807) is 24.3 Å². The van der Waals surface area contributed by atoms with E-state index in [2.05, 4.69) is 15.2 Å². The van der Waals surface area contributed by atoms with Gasteiger partial charge in [0, 0.05) is 34.7 Å². The number of aryl methyl sites for hydroxylation is 1. The zero-order valence-corrected chi connectivity index (χ0v) is 15.7. The van der Waals surface area contributed by atoms with Crippen LogP contribution in [0.5, 0.6) is 0 Å². The van der Waals surface area contributed by atoms with Gasteiger partial charge in [-0.05, 0) is 44.0 Å². The number of likely N-dealkylation sites (tertiary alicyclic amines) is 1. The van der Waals surface area contributed by atoms with Gasteiger partial charge < -0.3 is 4.90 Å². The molecule has 1 aromatic heterocycles. The van der Waals surface area contributed by atoms with Crippen LogP contribution in [0.3, 0.4) is 0 Å². The maximum Gasteiger partial charge on any atom is 0.253 e. The van der Waals surface area contributed by atoms with Crippen molar-refractivity contribution in [3.63, 3.8) is 0 Å². The first-order valence-electron chi connectivity index (χ1n) is 8.64. The van der Waals surface area contributed by atoms with E-state index in [1.807, 2.05) is 25.7 Å². The van der Waals surface area contributed by atoms with Crippen LogP contribution in [0.15, 0.2) is 29.2 Å². The molecule has 2 aromatic rings. The van der Waals surface area contributed by atoms with E-state index >= 15 is 0 Å². The summed E-state index contributed by atoms with van der Waals surface area (Å²) in [6, 6.07) is 7.14. The van der Waals surface area contributed by atoms with E-state index in [-0.39, 0.29) is 17.1 Å². The molecule has 2 atom stereocenters. The maximum absolute atomic E-state index is 12.8. The quantitative estimate of drug-likeness (QED) is 0.909. The van der Waals surface area contributed by atoms with Crippen molar-refractivity contribution >= 4 is 16.7 Å². The first-order valence-corrected chi connectivity index (χ1v) is 9.86. The number of aromatic amines is 1. The van der Waals surface area contributed by atoms with Gasteiger partial charge in [0.1, 0.15) is 5.82 Å². The molecule has 1 aromatic carbocycles. The fraction of sp³-hybridized carbons (Fsp3) is 0.500. The number of piperidine rings is 1. The number of nitrogens with one attached hydrogen (secondary N) is 1. The second kappa shape index (κ2) is 7.47. The smallest absolute Gasteiger partial charge is 0.253 e. The summed E-state index contributed by atoms with van der Waals surface area (Å²) < 4.78 is 12.1. The molecule has 0 aliphatic carbocycles. The van der Waals surface area contributed by atoms with E-state index in [1.165, 1.54) is 0 Å². The maximum atomic E-state index is 12.8. The van der Waals surface area contributed by atoms with Gasteiger partial charge in [0.2, 0.25) is 0 Å². The number of H-pyrrole nitrogens is 1. The summed E-state index contributed by atoms with van der Waals surface area (Å²) in [4.78, 5) is 19.8. The van der Waals surface area contributed by atoms with Gasteiger partial charge in [-0.25, -0.2) is 4.98 Å². The highest BCUT2D eigenvalue weighted by Crippen LogP contribution is 2.25. The molecule has 0 radical (unpaired) electrons. The van der Waals surface area contributed by atoms with Crippen LogP contribution in [0, 0.1) is 6.92 Å². The molecular formula is C18H24N4O2S. The van der Waals surface area contributed by atoms with Crippen LogP contribution in [0.2, 0.25) is 0 Å². The first kappa shape index (κ1) is 17.8. The minimum atomic E-state index is -1.03. The highest BCUT2D eigenvalue weighted by Gasteiger charge is 2.27. The third-order valence-corrected chi connectivity index (χ3v) is 6.04. The number of benzene rings is 1. The summed E-state index contributed by atoms with van der Waals surface area (Å²) in [7, 11) is -1.03. The number of rotatable bonds is 4. The van der Waals surface area contributed by atoms with Crippen molar-refractivity contribution < 1.29 is 9.00 Å². The molecule has 134 valence electrons. The van der Waals surface area contributed by atoms with Gasteiger partial charge in [0.05, 0.1) is 10.8 Å². The third kappa shape index (κ3) is 3.98. The van der Waals surface area contributed by atoms with Crippen LogP contribution in [-0.2, 0) is 10.8 Å². The molecule has 1 aliphatic rings. The fourth-order valence-electron chi connectivity index (χ4n) is 3.10. The molecule has 0 saturated carbocycles. The van der Waals surface area contributed by atoms with Crippen molar-refractivity contribution in [1.29, 1.82) is 0 Å². The summed E-state index contributed by atoms with van der Waals surface area (Å²) in [5.41, 5.74) is 0.635. The van der Waals surface area contributed by atoms with E-state index in [0.29, 0.717) is 12.1 Å². The molecule has 1 N–H and O–H groups in total. The van der Waals surface area contributed by atoms with Gasteiger partial charge in [-0.2, -0.15) is 5.10 Å². The average Bonchev–Trinajstić information content (AvgIpc) is 3.07. The first-order chi connectivity index (χ1) is 12.0. The summed E-state index contributed by atoms with van der Waals surface area (Å²) in [5.74, 6) is 1.78. The van der Waals surface area contributed by atoms with Crippen molar-refractivity contribution in [3.8, 4) is 0 Å². The lowest BCUT2D eigenvalue weighted by Gasteiger charge is -2.31. The van der Waals surface area contributed by atoms with Crippen molar-refractivity contribution in [2.45, 2.75) is 49.7 Å². The van der Waals surface area contributed by atoms with Crippen LogP contribution in [0.1, 0.15) is 54.6 Å². The Bertz CT molecular complexity index is 770. The molecule has 25 heavy (non-hydrogen) atoms. The number of carbonyl (C=O) groups is 1. The largest absolute Gasteiger partial charge is 0.338 e. The van der Waals surface area contributed by atoms with Crippen LogP contribution >= 0.6 is 0 Å². The monoisotopic (exact) mass is 360 g/mol.